The first-order valence-corrected chi connectivity index (χ1v) is 4.59. The van der Waals surface area contributed by atoms with E-state index in [0.717, 1.165) is 18.6 Å². The second-order valence-electron chi connectivity index (χ2n) is 3.71. The third-order valence-corrected chi connectivity index (χ3v) is 2.72. The first-order chi connectivity index (χ1) is 6.16. The molecule has 13 heavy (non-hydrogen) atoms. The summed E-state index contributed by atoms with van der Waals surface area (Å²) in [5.41, 5.74) is 0. The van der Waals surface area contributed by atoms with E-state index in [1.807, 2.05) is 6.08 Å². The molecule has 2 bridgehead atoms. The fourth-order valence-corrected chi connectivity index (χ4v) is 2.07. The van der Waals surface area contributed by atoms with Crippen LogP contribution >= 0.6 is 0 Å². The average molecular weight is 180 g/mol. The Hall–Kier alpha value is -1.12. The number of fused-ring (bicyclic) bond motifs is 2. The van der Waals surface area contributed by atoms with Gasteiger partial charge in [-0.25, -0.2) is 0 Å². The summed E-state index contributed by atoms with van der Waals surface area (Å²) in [5, 5.41) is 0. The van der Waals surface area contributed by atoms with E-state index in [9.17, 15) is 9.59 Å². The highest BCUT2D eigenvalue weighted by atomic mass is 16.5. The Kier molecular flexibility index (Phi) is 1.94. The number of rotatable bonds is 1. The van der Waals surface area contributed by atoms with Gasteiger partial charge in [-0.2, -0.15) is 0 Å². The van der Waals surface area contributed by atoms with E-state index in [1.165, 1.54) is 6.92 Å². The van der Waals surface area contributed by atoms with Crippen LogP contribution in [0.4, 0.5) is 0 Å². The van der Waals surface area contributed by atoms with Gasteiger partial charge in [-0.15, -0.1) is 0 Å². The predicted molar refractivity (Wildman–Crippen MR) is 45.7 cm³/mol. The van der Waals surface area contributed by atoms with Gasteiger partial charge < -0.3 is 4.74 Å². The van der Waals surface area contributed by atoms with Crippen LogP contribution in [0, 0.1) is 11.8 Å². The third-order valence-electron chi connectivity index (χ3n) is 2.72. The van der Waals surface area contributed by atoms with E-state index in [2.05, 4.69) is 0 Å². The predicted octanol–water partition coefficient (Wildman–Crippen LogP) is 1.43. The van der Waals surface area contributed by atoms with Crippen LogP contribution in [0.1, 0.15) is 26.2 Å². The van der Waals surface area contributed by atoms with Crippen molar-refractivity contribution < 1.29 is 14.3 Å². The molecule has 0 N–H and O–H groups in total. The van der Waals surface area contributed by atoms with Crippen molar-refractivity contribution in [1.29, 1.82) is 0 Å². The molecule has 3 heteroatoms. The number of Topliss-reactive ketones (excluding diaryl/α,β-unsaturated/α-hetero) is 1. The van der Waals surface area contributed by atoms with Gasteiger partial charge in [0.2, 0.25) is 0 Å². The van der Waals surface area contributed by atoms with E-state index in [1.54, 1.807) is 0 Å². The average Bonchev–Trinajstić information content (AvgIpc) is 2.05. The largest absolute Gasteiger partial charge is 0.431 e. The molecule has 0 saturated heterocycles. The second kappa shape index (κ2) is 2.98. The molecule has 0 amide bonds. The zero-order chi connectivity index (χ0) is 9.42. The summed E-state index contributed by atoms with van der Waals surface area (Å²) >= 11 is 0. The van der Waals surface area contributed by atoms with Gasteiger partial charge in [0.1, 0.15) is 11.5 Å². The number of allylic oxidation sites excluding steroid dienone is 2. The van der Waals surface area contributed by atoms with Crippen LogP contribution in [0.2, 0.25) is 0 Å². The van der Waals surface area contributed by atoms with Gasteiger partial charge >= 0.3 is 5.97 Å². The van der Waals surface area contributed by atoms with Crippen molar-refractivity contribution >= 4 is 11.8 Å². The van der Waals surface area contributed by atoms with Crippen LogP contribution in [0.15, 0.2) is 11.8 Å². The van der Waals surface area contributed by atoms with Crippen LogP contribution in [0.25, 0.3) is 0 Å². The smallest absolute Gasteiger partial charge is 0.307 e. The molecule has 3 aliphatic rings. The molecule has 0 spiro atoms. The van der Waals surface area contributed by atoms with Gasteiger partial charge in [0.15, 0.2) is 0 Å². The van der Waals surface area contributed by atoms with E-state index in [0.29, 0.717) is 12.2 Å². The molecule has 0 heterocycles. The first kappa shape index (κ1) is 8.48. The van der Waals surface area contributed by atoms with Crippen molar-refractivity contribution in [1.82, 2.24) is 0 Å². The second-order valence-corrected chi connectivity index (χ2v) is 3.71. The van der Waals surface area contributed by atoms with Crippen molar-refractivity contribution in [2.75, 3.05) is 0 Å². The number of hydrogen-bond acceptors (Lipinski definition) is 3. The summed E-state index contributed by atoms with van der Waals surface area (Å²) in [5.74, 6) is 0.919. The molecule has 0 aromatic rings. The van der Waals surface area contributed by atoms with Gasteiger partial charge in [-0.3, -0.25) is 9.59 Å². The highest BCUT2D eigenvalue weighted by Crippen LogP contribution is 2.38. The number of hydrogen-bond donors (Lipinski definition) is 0. The van der Waals surface area contributed by atoms with Gasteiger partial charge in [0, 0.05) is 25.2 Å². The Balaban J connectivity index is 2.17. The van der Waals surface area contributed by atoms with Crippen LogP contribution in [0.3, 0.4) is 0 Å². The quantitative estimate of drug-likeness (QED) is 0.573. The molecule has 0 radical (unpaired) electrons. The molecule has 1 saturated carbocycles. The van der Waals surface area contributed by atoms with Crippen molar-refractivity contribution in [3.8, 4) is 0 Å². The van der Waals surface area contributed by atoms with E-state index in [4.69, 9.17) is 4.74 Å². The Morgan fingerprint density at radius 2 is 2.31 bits per heavy atom. The lowest BCUT2D eigenvalue weighted by Crippen LogP contribution is -2.31. The van der Waals surface area contributed by atoms with Crippen molar-refractivity contribution in [3.63, 3.8) is 0 Å². The molecule has 0 unspecified atom stereocenters. The molecular formula is C10H12O3. The fourth-order valence-electron chi connectivity index (χ4n) is 2.07. The zero-order valence-electron chi connectivity index (χ0n) is 7.58. The van der Waals surface area contributed by atoms with E-state index < -0.39 is 0 Å². The van der Waals surface area contributed by atoms with Gasteiger partial charge in [-0.1, -0.05) is 0 Å². The maximum atomic E-state index is 11.3. The summed E-state index contributed by atoms with van der Waals surface area (Å²) < 4.78 is 5.04. The Morgan fingerprint density at radius 1 is 1.54 bits per heavy atom. The maximum absolute atomic E-state index is 11.3. The number of carbonyl (C=O) groups is 2. The standard InChI is InChI=1S/C10H12O3/c1-6(11)13-10-5-7-2-3-8(10)4-9(7)12/h5,7-8H,2-4H2,1H3/t7-,8-/m1/s1. The van der Waals surface area contributed by atoms with Gasteiger partial charge in [-0.05, 0) is 18.9 Å². The monoisotopic (exact) mass is 180 g/mol. The molecule has 70 valence electrons. The third kappa shape index (κ3) is 1.50. The molecule has 0 aromatic heterocycles. The minimum atomic E-state index is -0.286. The maximum Gasteiger partial charge on any atom is 0.307 e. The zero-order valence-corrected chi connectivity index (χ0v) is 7.58. The van der Waals surface area contributed by atoms with Crippen molar-refractivity contribution in [2.45, 2.75) is 26.2 Å². The highest BCUT2D eigenvalue weighted by Gasteiger charge is 2.36. The van der Waals surface area contributed by atoms with Gasteiger partial charge in [0.05, 0.1) is 0 Å². The molecular weight excluding hydrogens is 168 g/mol. The van der Waals surface area contributed by atoms with Gasteiger partial charge in [0.25, 0.3) is 0 Å². The summed E-state index contributed by atoms with van der Waals surface area (Å²) in [6.07, 6.45) is 4.29. The Labute approximate surface area is 76.8 Å². The van der Waals surface area contributed by atoms with Crippen molar-refractivity contribution in [3.05, 3.63) is 11.8 Å². The SMILES string of the molecule is CC(=O)OC1=C[C@H]2CC[C@@H]1CC2=O. The summed E-state index contributed by atoms with van der Waals surface area (Å²) in [7, 11) is 0. The van der Waals surface area contributed by atoms with Crippen LogP contribution < -0.4 is 0 Å². The molecule has 0 aliphatic heterocycles. The Morgan fingerprint density at radius 3 is 2.77 bits per heavy atom. The molecule has 0 aromatic carbocycles. The normalized spacial score (nSPS) is 31.5. The number of ether oxygens (including phenoxy) is 1. The molecule has 3 aliphatic carbocycles. The summed E-state index contributed by atoms with van der Waals surface area (Å²) in [6.45, 7) is 1.39. The van der Waals surface area contributed by atoms with E-state index in [-0.39, 0.29) is 17.8 Å². The summed E-state index contributed by atoms with van der Waals surface area (Å²) in [4.78, 5) is 22.0. The number of esters is 1. The highest BCUT2D eigenvalue weighted by molar-refractivity contribution is 5.85. The molecule has 1 fully saturated rings. The summed E-state index contributed by atoms with van der Waals surface area (Å²) in [6, 6.07) is 0. The lowest BCUT2D eigenvalue weighted by atomic mass is 9.74. The molecule has 2 atom stereocenters. The first-order valence-electron chi connectivity index (χ1n) is 4.59. The van der Waals surface area contributed by atoms with Crippen LogP contribution in [0.5, 0.6) is 0 Å². The van der Waals surface area contributed by atoms with Crippen LogP contribution in [-0.4, -0.2) is 11.8 Å². The lowest BCUT2D eigenvalue weighted by Gasteiger charge is -2.32. The van der Waals surface area contributed by atoms with E-state index >= 15 is 0 Å². The van der Waals surface area contributed by atoms with Crippen molar-refractivity contribution in [2.24, 2.45) is 11.8 Å². The minimum absolute atomic E-state index is 0.0133. The number of ketones is 1. The molecule has 3 rings (SSSR count). The number of carbonyl (C=O) groups excluding carboxylic acids is 2. The topological polar surface area (TPSA) is 43.4 Å². The fraction of sp³-hybridized carbons (Fsp3) is 0.600. The molecule has 3 nitrogen and oxygen atoms in total. The van der Waals surface area contributed by atoms with Crippen LogP contribution in [-0.2, 0) is 14.3 Å². The Bertz CT molecular complexity index is 291. The minimum Gasteiger partial charge on any atom is -0.431 e. The lowest BCUT2D eigenvalue weighted by molar-refractivity contribution is -0.140.